The highest BCUT2D eigenvalue weighted by atomic mass is 79.9. The van der Waals surface area contributed by atoms with Crippen LogP contribution in [0.1, 0.15) is 38.7 Å². The summed E-state index contributed by atoms with van der Waals surface area (Å²) in [5, 5.41) is 3.45. The summed E-state index contributed by atoms with van der Waals surface area (Å²) in [5.74, 6) is 1.57. The lowest BCUT2D eigenvalue weighted by Crippen LogP contribution is -2.25. The summed E-state index contributed by atoms with van der Waals surface area (Å²) < 4.78 is 12.6. The smallest absolute Gasteiger partial charge is 0.133 e. The minimum Gasteiger partial charge on any atom is -0.490 e. The molecule has 0 amide bonds. The summed E-state index contributed by atoms with van der Waals surface area (Å²) in [6.45, 7) is 7.87. The molecular weight excluding hydrogens is 330 g/mol. The summed E-state index contributed by atoms with van der Waals surface area (Å²) in [4.78, 5) is 0. The average molecular weight is 356 g/mol. The van der Waals surface area contributed by atoms with Crippen LogP contribution in [0.5, 0.6) is 5.75 Å². The molecule has 118 valence electrons. The van der Waals surface area contributed by atoms with Gasteiger partial charge in [0, 0.05) is 13.2 Å². The lowest BCUT2D eigenvalue weighted by molar-refractivity contribution is -0.0112. The summed E-state index contributed by atoms with van der Waals surface area (Å²) in [7, 11) is 0. The van der Waals surface area contributed by atoms with E-state index in [2.05, 4.69) is 47.2 Å². The molecule has 21 heavy (non-hydrogen) atoms. The monoisotopic (exact) mass is 355 g/mol. The lowest BCUT2D eigenvalue weighted by Gasteiger charge is -2.23. The third-order valence-electron chi connectivity index (χ3n) is 3.58. The first-order valence-corrected chi connectivity index (χ1v) is 8.68. The minimum absolute atomic E-state index is 0.248. The lowest BCUT2D eigenvalue weighted by atomic mass is 10.1. The van der Waals surface area contributed by atoms with Crippen LogP contribution >= 0.6 is 15.9 Å². The van der Waals surface area contributed by atoms with E-state index in [9.17, 15) is 0 Å². The molecule has 0 spiro atoms. The van der Waals surface area contributed by atoms with Gasteiger partial charge in [-0.25, -0.2) is 0 Å². The van der Waals surface area contributed by atoms with Crippen molar-refractivity contribution in [2.75, 3.05) is 19.8 Å². The molecule has 3 nitrogen and oxygen atoms in total. The normalized spacial score (nSPS) is 19.0. The molecule has 1 fully saturated rings. The Morgan fingerprint density at radius 1 is 1.38 bits per heavy atom. The Bertz CT molecular complexity index is 431. The summed E-state index contributed by atoms with van der Waals surface area (Å²) in [6.07, 6.45) is 3.78. The molecule has 1 aromatic carbocycles. The van der Waals surface area contributed by atoms with Crippen LogP contribution in [0, 0.1) is 5.92 Å². The molecule has 1 saturated heterocycles. The largest absolute Gasteiger partial charge is 0.490 e. The van der Waals surface area contributed by atoms with Crippen LogP contribution in [0.2, 0.25) is 0 Å². The first-order chi connectivity index (χ1) is 10.1. The molecule has 1 aliphatic rings. The van der Waals surface area contributed by atoms with E-state index in [4.69, 9.17) is 9.47 Å². The Labute approximate surface area is 136 Å². The maximum atomic E-state index is 5.88. The number of benzene rings is 1. The van der Waals surface area contributed by atoms with E-state index in [0.717, 1.165) is 36.3 Å². The average Bonchev–Trinajstić information content (AvgIpc) is 2.47. The van der Waals surface area contributed by atoms with Crippen LogP contribution in [-0.4, -0.2) is 25.9 Å². The highest BCUT2D eigenvalue weighted by Crippen LogP contribution is 2.27. The van der Waals surface area contributed by atoms with Gasteiger partial charge in [0.2, 0.25) is 0 Å². The highest BCUT2D eigenvalue weighted by Gasteiger charge is 2.15. The van der Waals surface area contributed by atoms with E-state index in [0.29, 0.717) is 12.5 Å². The second kappa shape index (κ2) is 8.76. The molecule has 1 aromatic rings. The fraction of sp³-hybridized carbons (Fsp3) is 0.647. The third kappa shape index (κ3) is 5.97. The zero-order chi connectivity index (χ0) is 15.1. The molecule has 1 atom stereocenters. The number of hydrogen-bond acceptors (Lipinski definition) is 3. The number of halogens is 1. The molecule has 4 heteroatoms. The SMILES string of the molecule is CC(C)CNCc1ccc(OCC2CCCCO2)c(Br)c1. The Morgan fingerprint density at radius 2 is 2.24 bits per heavy atom. The Balaban J connectivity index is 1.80. The van der Waals surface area contributed by atoms with Gasteiger partial charge in [0.1, 0.15) is 12.4 Å². The fourth-order valence-electron chi connectivity index (χ4n) is 2.40. The van der Waals surface area contributed by atoms with Crippen molar-refractivity contribution in [1.29, 1.82) is 0 Å². The van der Waals surface area contributed by atoms with E-state index in [1.807, 2.05) is 6.07 Å². The minimum atomic E-state index is 0.248. The quantitative estimate of drug-likeness (QED) is 0.796. The van der Waals surface area contributed by atoms with Crippen molar-refractivity contribution in [3.8, 4) is 5.75 Å². The Morgan fingerprint density at radius 3 is 2.90 bits per heavy atom. The van der Waals surface area contributed by atoms with Gasteiger partial charge in [-0.05, 0) is 65.4 Å². The van der Waals surface area contributed by atoms with E-state index in [-0.39, 0.29) is 6.10 Å². The van der Waals surface area contributed by atoms with Crippen LogP contribution in [0.3, 0.4) is 0 Å². The van der Waals surface area contributed by atoms with E-state index in [1.165, 1.54) is 18.4 Å². The van der Waals surface area contributed by atoms with Crippen molar-refractivity contribution in [3.05, 3.63) is 28.2 Å². The maximum Gasteiger partial charge on any atom is 0.133 e. The predicted octanol–water partition coefficient (Wildman–Crippen LogP) is 4.14. The van der Waals surface area contributed by atoms with Crippen molar-refractivity contribution in [3.63, 3.8) is 0 Å². The Hall–Kier alpha value is -0.580. The van der Waals surface area contributed by atoms with Crippen molar-refractivity contribution >= 4 is 15.9 Å². The molecule has 1 unspecified atom stereocenters. The van der Waals surface area contributed by atoms with Gasteiger partial charge in [-0.3, -0.25) is 0 Å². The standard InChI is InChI=1S/C17H26BrNO2/c1-13(2)10-19-11-14-6-7-17(16(18)9-14)21-12-15-5-3-4-8-20-15/h6-7,9,13,15,19H,3-5,8,10-12H2,1-2H3. The molecule has 1 aliphatic heterocycles. The molecule has 0 saturated carbocycles. The molecular formula is C17H26BrNO2. The second-order valence-corrected chi connectivity index (χ2v) is 6.94. The van der Waals surface area contributed by atoms with Crippen molar-refractivity contribution in [2.45, 2.75) is 45.8 Å². The van der Waals surface area contributed by atoms with Crippen LogP contribution in [-0.2, 0) is 11.3 Å². The van der Waals surface area contributed by atoms with Crippen molar-refractivity contribution in [1.82, 2.24) is 5.32 Å². The zero-order valence-electron chi connectivity index (χ0n) is 13.0. The molecule has 0 aliphatic carbocycles. The van der Waals surface area contributed by atoms with Gasteiger partial charge in [-0.1, -0.05) is 19.9 Å². The van der Waals surface area contributed by atoms with E-state index < -0.39 is 0 Å². The first-order valence-electron chi connectivity index (χ1n) is 7.88. The fourth-order valence-corrected chi connectivity index (χ4v) is 2.94. The van der Waals surface area contributed by atoms with Gasteiger partial charge in [-0.2, -0.15) is 0 Å². The number of hydrogen-bond donors (Lipinski definition) is 1. The van der Waals surface area contributed by atoms with Gasteiger partial charge < -0.3 is 14.8 Å². The van der Waals surface area contributed by atoms with Crippen molar-refractivity contribution in [2.24, 2.45) is 5.92 Å². The molecule has 0 bridgehead atoms. The van der Waals surface area contributed by atoms with E-state index >= 15 is 0 Å². The van der Waals surface area contributed by atoms with Crippen LogP contribution in [0.4, 0.5) is 0 Å². The third-order valence-corrected chi connectivity index (χ3v) is 4.20. The maximum absolute atomic E-state index is 5.88. The first kappa shape index (κ1) is 16.8. The van der Waals surface area contributed by atoms with Gasteiger partial charge in [0.05, 0.1) is 10.6 Å². The van der Waals surface area contributed by atoms with Gasteiger partial charge in [0.25, 0.3) is 0 Å². The second-order valence-electron chi connectivity index (χ2n) is 6.09. The Kier molecular flexibility index (Phi) is 7.00. The summed E-state index contributed by atoms with van der Waals surface area (Å²) in [6, 6.07) is 6.29. The van der Waals surface area contributed by atoms with Crippen LogP contribution in [0.25, 0.3) is 0 Å². The van der Waals surface area contributed by atoms with Gasteiger partial charge >= 0.3 is 0 Å². The molecule has 0 radical (unpaired) electrons. The van der Waals surface area contributed by atoms with Gasteiger partial charge in [-0.15, -0.1) is 0 Å². The summed E-state index contributed by atoms with van der Waals surface area (Å²) >= 11 is 3.60. The molecule has 1 heterocycles. The van der Waals surface area contributed by atoms with Crippen molar-refractivity contribution < 1.29 is 9.47 Å². The number of ether oxygens (including phenoxy) is 2. The topological polar surface area (TPSA) is 30.5 Å². The van der Waals surface area contributed by atoms with Crippen LogP contribution in [0.15, 0.2) is 22.7 Å². The molecule has 0 aromatic heterocycles. The van der Waals surface area contributed by atoms with Gasteiger partial charge in [0.15, 0.2) is 0 Å². The predicted molar refractivity (Wildman–Crippen MR) is 89.8 cm³/mol. The molecule has 1 N–H and O–H groups in total. The zero-order valence-corrected chi connectivity index (χ0v) is 14.6. The number of rotatable bonds is 7. The van der Waals surface area contributed by atoms with E-state index in [1.54, 1.807) is 0 Å². The number of nitrogens with one attached hydrogen (secondary N) is 1. The summed E-state index contributed by atoms with van der Waals surface area (Å²) in [5.41, 5.74) is 1.27. The molecule has 2 rings (SSSR count). The highest BCUT2D eigenvalue weighted by molar-refractivity contribution is 9.10. The van der Waals surface area contributed by atoms with Crippen LogP contribution < -0.4 is 10.1 Å².